The molecular weight excluding hydrogens is 853 g/mol. The quantitative estimate of drug-likeness (QED) is 0.0262. The van der Waals surface area contributed by atoms with Crippen LogP contribution in [0.1, 0.15) is 290 Å². The summed E-state index contributed by atoms with van der Waals surface area (Å²) < 4.78 is 16.9. The molecule has 0 aromatic heterocycles. The molecule has 0 aliphatic rings. The summed E-state index contributed by atoms with van der Waals surface area (Å²) in [5.74, 6) is -0.902. The Morgan fingerprint density at radius 3 is 0.899 bits per heavy atom. The number of rotatable bonds is 53. The molecule has 6 heteroatoms. The molecule has 0 radical (unpaired) electrons. The van der Waals surface area contributed by atoms with Crippen molar-refractivity contribution in [2.24, 2.45) is 0 Å². The molecule has 1 atom stereocenters. The summed E-state index contributed by atoms with van der Waals surface area (Å²) in [5.41, 5.74) is 0. The van der Waals surface area contributed by atoms with E-state index >= 15 is 0 Å². The lowest BCUT2D eigenvalue weighted by Gasteiger charge is -2.18. The molecule has 0 saturated carbocycles. The minimum Gasteiger partial charge on any atom is -0.462 e. The van der Waals surface area contributed by atoms with Crippen LogP contribution in [0, 0.1) is 0 Å². The van der Waals surface area contributed by atoms with E-state index < -0.39 is 6.10 Å². The van der Waals surface area contributed by atoms with E-state index in [0.717, 1.165) is 96.3 Å². The van der Waals surface area contributed by atoms with Gasteiger partial charge in [0.05, 0.1) is 0 Å². The monoisotopic (exact) mass is 963 g/mol. The molecular formula is C63H110O6. The summed E-state index contributed by atoms with van der Waals surface area (Å²) in [6, 6.07) is 0. The van der Waals surface area contributed by atoms with Gasteiger partial charge in [0, 0.05) is 19.3 Å². The third-order valence-corrected chi connectivity index (χ3v) is 12.7. The first-order valence-corrected chi connectivity index (χ1v) is 29.4. The molecule has 0 aliphatic carbocycles. The molecule has 0 aromatic rings. The molecule has 6 nitrogen and oxygen atoms in total. The lowest BCUT2D eigenvalue weighted by Crippen LogP contribution is -2.30. The van der Waals surface area contributed by atoms with Crippen LogP contribution in [0.4, 0.5) is 0 Å². The molecule has 0 spiro atoms. The van der Waals surface area contributed by atoms with Gasteiger partial charge >= 0.3 is 17.9 Å². The molecule has 0 fully saturated rings. The van der Waals surface area contributed by atoms with Crippen LogP contribution >= 0.6 is 0 Å². The van der Waals surface area contributed by atoms with E-state index in [4.69, 9.17) is 14.2 Å². The first-order valence-electron chi connectivity index (χ1n) is 29.4. The van der Waals surface area contributed by atoms with E-state index in [9.17, 15) is 14.4 Å². The Kier molecular flexibility index (Phi) is 54.8. The van der Waals surface area contributed by atoms with Crippen molar-refractivity contribution in [3.63, 3.8) is 0 Å². The van der Waals surface area contributed by atoms with Gasteiger partial charge in [-0.1, -0.05) is 235 Å². The molecule has 398 valence electrons. The molecule has 0 aliphatic heterocycles. The summed E-state index contributed by atoms with van der Waals surface area (Å²) in [6.45, 7) is 6.52. The summed E-state index contributed by atoms with van der Waals surface area (Å²) in [4.78, 5) is 38.2. The first kappa shape index (κ1) is 65.8. The Hall–Kier alpha value is -3.15. The van der Waals surface area contributed by atoms with Crippen LogP contribution in [-0.4, -0.2) is 37.2 Å². The fraction of sp³-hybridized carbons (Fsp3) is 0.762. The normalized spacial score (nSPS) is 12.6. The van der Waals surface area contributed by atoms with Gasteiger partial charge in [-0.3, -0.25) is 14.4 Å². The van der Waals surface area contributed by atoms with Crippen LogP contribution in [0.3, 0.4) is 0 Å². The Morgan fingerprint density at radius 2 is 0.565 bits per heavy atom. The topological polar surface area (TPSA) is 78.9 Å². The zero-order valence-electron chi connectivity index (χ0n) is 45.6. The van der Waals surface area contributed by atoms with Crippen LogP contribution in [0.25, 0.3) is 0 Å². The Morgan fingerprint density at radius 1 is 0.304 bits per heavy atom. The third kappa shape index (κ3) is 55.6. The number of unbranched alkanes of at least 4 members (excludes halogenated alkanes) is 30. The summed E-state index contributed by atoms with van der Waals surface area (Å²) in [6.07, 6.45) is 73.2. The van der Waals surface area contributed by atoms with Crippen LogP contribution in [0.5, 0.6) is 0 Å². The number of hydrogen-bond acceptors (Lipinski definition) is 6. The standard InChI is InChI=1S/C63H110O6/c1-4-7-10-13-16-19-22-25-28-30-32-34-35-38-41-44-47-50-53-56-62(65)68-59-60(58-67-61(64)55-52-49-46-43-40-37-27-24-21-18-15-12-9-6-3)69-63(66)57-54-51-48-45-42-39-36-33-31-29-26-23-20-17-14-11-8-5-2/h7,10,16,19,24-25,27-29,31-32,34,60H,4-6,8-9,11-15,17-18,20-23,26,30,33,35-59H2,1-3H3/b10-7-,19-16-,27-24-,28-25-,31-29-,34-32-. The minimum atomic E-state index is -0.787. The van der Waals surface area contributed by atoms with Crippen molar-refractivity contribution < 1.29 is 28.6 Å². The predicted octanol–water partition coefficient (Wildman–Crippen LogP) is 19.8. The van der Waals surface area contributed by atoms with Crippen LogP contribution in [-0.2, 0) is 28.6 Å². The smallest absolute Gasteiger partial charge is 0.306 e. The summed E-state index contributed by atoms with van der Waals surface area (Å²) >= 11 is 0. The zero-order chi connectivity index (χ0) is 50.0. The number of esters is 3. The van der Waals surface area contributed by atoms with Crippen LogP contribution in [0.15, 0.2) is 72.9 Å². The third-order valence-electron chi connectivity index (χ3n) is 12.7. The average molecular weight is 964 g/mol. The van der Waals surface area contributed by atoms with Gasteiger partial charge in [-0.2, -0.15) is 0 Å². The number of carbonyl (C=O) groups is 3. The van der Waals surface area contributed by atoms with Crippen molar-refractivity contribution in [3.05, 3.63) is 72.9 Å². The maximum Gasteiger partial charge on any atom is 0.306 e. The Bertz CT molecular complexity index is 1290. The van der Waals surface area contributed by atoms with Crippen LogP contribution < -0.4 is 0 Å². The Labute approximate surface area is 427 Å². The molecule has 0 aromatic carbocycles. The molecule has 0 heterocycles. The molecule has 0 rings (SSSR count). The molecule has 0 saturated heterocycles. The Balaban J connectivity index is 4.41. The van der Waals surface area contributed by atoms with Crippen molar-refractivity contribution in [2.75, 3.05) is 13.2 Å². The highest BCUT2D eigenvalue weighted by atomic mass is 16.6. The van der Waals surface area contributed by atoms with Gasteiger partial charge < -0.3 is 14.2 Å². The lowest BCUT2D eigenvalue weighted by molar-refractivity contribution is -0.167. The second-order valence-electron chi connectivity index (χ2n) is 19.5. The zero-order valence-corrected chi connectivity index (χ0v) is 45.6. The van der Waals surface area contributed by atoms with Gasteiger partial charge in [-0.15, -0.1) is 0 Å². The largest absolute Gasteiger partial charge is 0.462 e. The molecule has 69 heavy (non-hydrogen) atoms. The molecule has 1 unspecified atom stereocenters. The fourth-order valence-electron chi connectivity index (χ4n) is 8.25. The maximum absolute atomic E-state index is 12.9. The maximum atomic E-state index is 12.9. The van der Waals surface area contributed by atoms with Gasteiger partial charge in [-0.25, -0.2) is 0 Å². The molecule has 0 amide bonds. The van der Waals surface area contributed by atoms with Gasteiger partial charge in [0.25, 0.3) is 0 Å². The van der Waals surface area contributed by atoms with Gasteiger partial charge in [-0.05, 0) is 109 Å². The second kappa shape index (κ2) is 57.4. The van der Waals surface area contributed by atoms with E-state index in [-0.39, 0.29) is 31.1 Å². The highest BCUT2D eigenvalue weighted by Gasteiger charge is 2.19. The number of allylic oxidation sites excluding steroid dienone is 12. The van der Waals surface area contributed by atoms with E-state index in [2.05, 4.69) is 93.7 Å². The number of carbonyl (C=O) groups excluding carboxylic acids is 3. The van der Waals surface area contributed by atoms with Crippen molar-refractivity contribution >= 4 is 17.9 Å². The van der Waals surface area contributed by atoms with Crippen LogP contribution in [0.2, 0.25) is 0 Å². The molecule has 0 bridgehead atoms. The van der Waals surface area contributed by atoms with Crippen molar-refractivity contribution in [3.8, 4) is 0 Å². The summed E-state index contributed by atoms with van der Waals surface area (Å²) in [5, 5.41) is 0. The highest BCUT2D eigenvalue weighted by Crippen LogP contribution is 2.15. The first-order chi connectivity index (χ1) is 34.0. The minimum absolute atomic E-state index is 0.0853. The van der Waals surface area contributed by atoms with E-state index in [1.165, 1.54) is 154 Å². The van der Waals surface area contributed by atoms with E-state index in [0.29, 0.717) is 19.3 Å². The number of ether oxygens (including phenoxy) is 3. The van der Waals surface area contributed by atoms with E-state index in [1.807, 2.05) is 0 Å². The highest BCUT2D eigenvalue weighted by molar-refractivity contribution is 5.71. The lowest BCUT2D eigenvalue weighted by atomic mass is 10.1. The van der Waals surface area contributed by atoms with Gasteiger partial charge in [0.2, 0.25) is 0 Å². The fourth-order valence-corrected chi connectivity index (χ4v) is 8.25. The van der Waals surface area contributed by atoms with Gasteiger partial charge in [0.1, 0.15) is 13.2 Å². The average Bonchev–Trinajstić information content (AvgIpc) is 3.35. The van der Waals surface area contributed by atoms with E-state index in [1.54, 1.807) is 0 Å². The number of hydrogen-bond donors (Lipinski definition) is 0. The van der Waals surface area contributed by atoms with Crippen molar-refractivity contribution in [1.82, 2.24) is 0 Å². The van der Waals surface area contributed by atoms with Crippen molar-refractivity contribution in [1.29, 1.82) is 0 Å². The molecule has 0 N–H and O–H groups in total. The van der Waals surface area contributed by atoms with Crippen molar-refractivity contribution in [2.45, 2.75) is 297 Å². The summed E-state index contributed by atoms with van der Waals surface area (Å²) in [7, 11) is 0. The predicted molar refractivity (Wildman–Crippen MR) is 298 cm³/mol. The second-order valence-corrected chi connectivity index (χ2v) is 19.5. The van der Waals surface area contributed by atoms with Gasteiger partial charge in [0.15, 0.2) is 6.10 Å². The SMILES string of the molecule is CC/C=C\C/C=C\C/C=C\C/C=C\CCCCCCCCC(=O)OCC(COC(=O)CCCCCCC/C=C\CCCCCCC)OC(=O)CCCCCCCCC/C=C\CCCCCCCCC.